The zero-order chi connectivity index (χ0) is 9.97. The van der Waals surface area contributed by atoms with Gasteiger partial charge in [-0.1, -0.05) is 41.6 Å². The molecule has 2 rings (SSSR count). The molecule has 0 amide bonds. The molecule has 0 aromatic heterocycles. The summed E-state index contributed by atoms with van der Waals surface area (Å²) >= 11 is 1.45. The molecule has 1 aromatic rings. The van der Waals surface area contributed by atoms with Gasteiger partial charge >= 0.3 is 0 Å². The van der Waals surface area contributed by atoms with Crippen molar-refractivity contribution in [2.24, 2.45) is 10.2 Å². The van der Waals surface area contributed by atoms with E-state index in [1.54, 1.807) is 0 Å². The van der Waals surface area contributed by atoms with Crippen molar-refractivity contribution in [3.8, 4) is 0 Å². The predicted molar refractivity (Wildman–Crippen MR) is 59.0 cm³/mol. The third-order valence-corrected chi connectivity index (χ3v) is 2.97. The van der Waals surface area contributed by atoms with Crippen LogP contribution in [0.4, 0.5) is 0 Å². The van der Waals surface area contributed by atoms with E-state index in [2.05, 4.69) is 41.4 Å². The van der Waals surface area contributed by atoms with Gasteiger partial charge in [-0.2, -0.15) is 5.11 Å². The molecule has 1 aliphatic heterocycles. The molecule has 4 heteroatoms. The number of thioether (sulfide) groups is 1. The van der Waals surface area contributed by atoms with Crippen LogP contribution in [0.2, 0.25) is 0 Å². The van der Waals surface area contributed by atoms with Crippen LogP contribution in [0.5, 0.6) is 0 Å². The van der Waals surface area contributed by atoms with E-state index in [9.17, 15) is 0 Å². The first kappa shape index (κ1) is 9.40. The van der Waals surface area contributed by atoms with Gasteiger partial charge in [0, 0.05) is 5.75 Å². The number of aryl methyl sites for hydroxylation is 1. The molecule has 0 spiro atoms. The van der Waals surface area contributed by atoms with Gasteiger partial charge in [0.1, 0.15) is 6.04 Å². The van der Waals surface area contributed by atoms with Crippen LogP contribution in [0, 0.1) is 12.3 Å². The van der Waals surface area contributed by atoms with Gasteiger partial charge in [-0.15, -0.1) is 5.11 Å². The molecule has 0 bridgehead atoms. The summed E-state index contributed by atoms with van der Waals surface area (Å²) in [6.07, 6.45) is 0. The normalized spacial score (nSPS) is 21.2. The Morgan fingerprint density at radius 2 is 2.07 bits per heavy atom. The fourth-order valence-electron chi connectivity index (χ4n) is 1.29. The van der Waals surface area contributed by atoms with Gasteiger partial charge in [0.25, 0.3) is 0 Å². The van der Waals surface area contributed by atoms with Gasteiger partial charge in [-0.25, -0.2) is 0 Å². The van der Waals surface area contributed by atoms with Gasteiger partial charge in [0.2, 0.25) is 5.17 Å². The minimum Gasteiger partial charge on any atom is -0.275 e. The first-order valence-corrected chi connectivity index (χ1v) is 5.43. The second-order valence-corrected chi connectivity index (χ2v) is 4.27. The fraction of sp³-hybridized carbons (Fsp3) is 0.300. The van der Waals surface area contributed by atoms with Crippen molar-refractivity contribution in [2.75, 3.05) is 5.75 Å². The summed E-state index contributed by atoms with van der Waals surface area (Å²) in [5.41, 5.74) is 2.43. The first-order valence-electron chi connectivity index (χ1n) is 4.44. The average molecular weight is 205 g/mol. The average Bonchev–Trinajstić information content (AvgIpc) is 2.21. The van der Waals surface area contributed by atoms with Crippen molar-refractivity contribution in [1.82, 2.24) is 0 Å². The lowest BCUT2D eigenvalue weighted by Crippen LogP contribution is -2.05. The number of benzene rings is 1. The Balaban J connectivity index is 2.20. The molecule has 0 aliphatic carbocycles. The third-order valence-electron chi connectivity index (χ3n) is 2.13. The van der Waals surface area contributed by atoms with Crippen LogP contribution >= 0.6 is 11.8 Å². The van der Waals surface area contributed by atoms with Gasteiger partial charge in [0.15, 0.2) is 0 Å². The van der Waals surface area contributed by atoms with Crippen molar-refractivity contribution in [1.29, 1.82) is 5.41 Å². The standard InChI is InChI=1S/C10H11N3S/c1-7-2-4-8(5-3-7)9-6-14-10(11)13-12-9/h2-5,9,11H,6H2,1H3. The highest BCUT2D eigenvalue weighted by Crippen LogP contribution is 2.27. The van der Waals surface area contributed by atoms with Crippen LogP contribution in [-0.2, 0) is 0 Å². The summed E-state index contributed by atoms with van der Waals surface area (Å²) in [6, 6.07) is 8.43. The van der Waals surface area contributed by atoms with E-state index in [1.165, 1.54) is 22.9 Å². The van der Waals surface area contributed by atoms with Crippen molar-refractivity contribution >= 4 is 16.9 Å². The largest absolute Gasteiger partial charge is 0.275 e. The summed E-state index contributed by atoms with van der Waals surface area (Å²) in [6.45, 7) is 2.07. The summed E-state index contributed by atoms with van der Waals surface area (Å²) in [7, 11) is 0. The second-order valence-electron chi connectivity index (χ2n) is 3.26. The van der Waals surface area contributed by atoms with Crippen LogP contribution in [-0.4, -0.2) is 10.9 Å². The van der Waals surface area contributed by atoms with Gasteiger partial charge in [0.05, 0.1) is 0 Å². The zero-order valence-electron chi connectivity index (χ0n) is 7.90. The highest BCUT2D eigenvalue weighted by Gasteiger charge is 2.15. The smallest absolute Gasteiger partial charge is 0.201 e. The number of azo groups is 1. The fourth-order valence-corrected chi connectivity index (χ4v) is 1.97. The maximum Gasteiger partial charge on any atom is 0.201 e. The zero-order valence-corrected chi connectivity index (χ0v) is 8.71. The number of rotatable bonds is 1. The molecule has 1 aromatic carbocycles. The number of amidine groups is 1. The molecule has 3 nitrogen and oxygen atoms in total. The molecule has 0 saturated heterocycles. The van der Waals surface area contributed by atoms with Crippen LogP contribution in [0.1, 0.15) is 17.2 Å². The number of hydrogen-bond donors (Lipinski definition) is 1. The molecule has 1 atom stereocenters. The van der Waals surface area contributed by atoms with Crippen LogP contribution in [0.25, 0.3) is 0 Å². The van der Waals surface area contributed by atoms with Gasteiger partial charge < -0.3 is 0 Å². The van der Waals surface area contributed by atoms with Crippen LogP contribution < -0.4 is 0 Å². The maximum absolute atomic E-state index is 7.28. The van der Waals surface area contributed by atoms with Crippen LogP contribution in [0.3, 0.4) is 0 Å². The van der Waals surface area contributed by atoms with Crippen molar-refractivity contribution < 1.29 is 0 Å². The SMILES string of the molecule is Cc1ccc(C2CSC(=N)N=N2)cc1. The number of hydrogen-bond acceptors (Lipinski definition) is 3. The molecule has 1 aliphatic rings. The molecule has 0 radical (unpaired) electrons. The predicted octanol–water partition coefficient (Wildman–Crippen LogP) is 3.17. The summed E-state index contributed by atoms with van der Waals surface area (Å²) in [5.74, 6) is 0.825. The molecule has 72 valence electrons. The van der Waals surface area contributed by atoms with E-state index in [-0.39, 0.29) is 6.04 Å². The summed E-state index contributed by atoms with van der Waals surface area (Å²) in [4.78, 5) is 0. The highest BCUT2D eigenvalue weighted by atomic mass is 32.2. The van der Waals surface area contributed by atoms with E-state index in [0.29, 0.717) is 5.17 Å². The van der Waals surface area contributed by atoms with E-state index in [4.69, 9.17) is 5.41 Å². The molecule has 1 heterocycles. The lowest BCUT2D eigenvalue weighted by atomic mass is 10.1. The van der Waals surface area contributed by atoms with Crippen molar-refractivity contribution in [3.63, 3.8) is 0 Å². The van der Waals surface area contributed by atoms with E-state index < -0.39 is 0 Å². The van der Waals surface area contributed by atoms with E-state index >= 15 is 0 Å². The number of nitrogens with zero attached hydrogens (tertiary/aromatic N) is 2. The molecular weight excluding hydrogens is 194 g/mol. The Kier molecular flexibility index (Phi) is 2.63. The monoisotopic (exact) mass is 205 g/mol. The van der Waals surface area contributed by atoms with Gasteiger partial charge in [-0.3, -0.25) is 5.41 Å². The molecular formula is C10H11N3S. The Labute approximate surface area is 87.1 Å². The first-order chi connectivity index (χ1) is 6.75. The third kappa shape index (κ3) is 2.01. The minimum atomic E-state index is 0.120. The molecule has 1 unspecified atom stereocenters. The summed E-state index contributed by atoms with van der Waals surface area (Å²) < 4.78 is 0. The Hall–Kier alpha value is -1.16. The molecule has 0 fully saturated rings. The Morgan fingerprint density at radius 1 is 1.36 bits per heavy atom. The number of nitrogens with one attached hydrogen (secondary N) is 1. The van der Waals surface area contributed by atoms with Crippen LogP contribution in [0.15, 0.2) is 34.5 Å². The Bertz CT molecular complexity index is 369. The van der Waals surface area contributed by atoms with Crippen molar-refractivity contribution in [2.45, 2.75) is 13.0 Å². The topological polar surface area (TPSA) is 48.6 Å². The van der Waals surface area contributed by atoms with Crippen molar-refractivity contribution in [3.05, 3.63) is 35.4 Å². The second kappa shape index (κ2) is 3.92. The lowest BCUT2D eigenvalue weighted by Gasteiger charge is -2.14. The van der Waals surface area contributed by atoms with Gasteiger partial charge in [-0.05, 0) is 12.5 Å². The van der Waals surface area contributed by atoms with E-state index in [0.717, 1.165) is 5.75 Å². The Morgan fingerprint density at radius 3 is 2.64 bits per heavy atom. The molecule has 14 heavy (non-hydrogen) atoms. The summed E-state index contributed by atoms with van der Waals surface area (Å²) in [5, 5.41) is 15.5. The quantitative estimate of drug-likeness (QED) is 0.752. The highest BCUT2D eigenvalue weighted by molar-refractivity contribution is 8.13. The molecule has 0 saturated carbocycles. The maximum atomic E-state index is 7.28. The molecule has 1 N–H and O–H groups in total. The minimum absolute atomic E-state index is 0.120. The lowest BCUT2D eigenvalue weighted by molar-refractivity contribution is 0.775. The van der Waals surface area contributed by atoms with E-state index in [1.807, 2.05) is 0 Å².